The van der Waals surface area contributed by atoms with E-state index in [1.165, 1.54) is 11.0 Å². The minimum Gasteiger partial charge on any atom is -0.337 e. The molecule has 0 spiro atoms. The van der Waals surface area contributed by atoms with Crippen molar-refractivity contribution >= 4 is 46.8 Å². The molecule has 0 radical (unpaired) electrons. The van der Waals surface area contributed by atoms with Crippen molar-refractivity contribution in [3.63, 3.8) is 0 Å². The van der Waals surface area contributed by atoms with Gasteiger partial charge in [0, 0.05) is 34.3 Å². The zero-order valence-corrected chi connectivity index (χ0v) is 20.3. The lowest BCUT2D eigenvalue weighted by atomic mass is 10.00. The van der Waals surface area contributed by atoms with Crippen LogP contribution in [-0.2, 0) is 9.59 Å². The molecule has 2 aromatic carbocycles. The number of rotatable bonds is 2. The van der Waals surface area contributed by atoms with Crippen LogP contribution in [-0.4, -0.2) is 69.9 Å². The van der Waals surface area contributed by atoms with Gasteiger partial charge in [0.15, 0.2) is 0 Å². The lowest BCUT2D eigenvalue weighted by Crippen LogP contribution is -2.62. The summed E-state index contributed by atoms with van der Waals surface area (Å²) in [7, 11) is 0. The van der Waals surface area contributed by atoms with Crippen LogP contribution in [0.5, 0.6) is 0 Å². The molecule has 3 amide bonds. The van der Waals surface area contributed by atoms with Crippen LogP contribution >= 0.6 is 23.4 Å². The summed E-state index contributed by atoms with van der Waals surface area (Å²) >= 11 is 7.55. The molecule has 178 valence electrons. The van der Waals surface area contributed by atoms with Gasteiger partial charge in [-0.3, -0.25) is 19.7 Å². The van der Waals surface area contributed by atoms with E-state index < -0.39 is 11.9 Å². The number of benzene rings is 2. The summed E-state index contributed by atoms with van der Waals surface area (Å²) in [5.41, 5.74) is 1.48. The van der Waals surface area contributed by atoms with Crippen LogP contribution in [0.4, 0.5) is 10.1 Å². The minimum absolute atomic E-state index is 0.0582. The summed E-state index contributed by atoms with van der Waals surface area (Å²) in [6.45, 7) is 4.75. The average molecular weight is 503 g/mol. The summed E-state index contributed by atoms with van der Waals surface area (Å²) in [6.07, 6.45) is 0. The van der Waals surface area contributed by atoms with Gasteiger partial charge in [0.05, 0.1) is 17.8 Å². The number of thioether (sulfide) groups is 1. The summed E-state index contributed by atoms with van der Waals surface area (Å²) in [5, 5.41) is 6.35. The molecule has 3 heterocycles. The molecule has 0 saturated carbocycles. The van der Waals surface area contributed by atoms with E-state index in [2.05, 4.69) is 10.6 Å². The Morgan fingerprint density at radius 3 is 2.65 bits per heavy atom. The van der Waals surface area contributed by atoms with Crippen LogP contribution in [0, 0.1) is 5.82 Å². The fourth-order valence-corrected chi connectivity index (χ4v) is 5.88. The molecule has 2 saturated heterocycles. The third-order valence-electron chi connectivity index (χ3n) is 6.68. The van der Waals surface area contributed by atoms with Gasteiger partial charge in [-0.2, -0.15) is 0 Å². The standard InChI is InChI=1S/C24H24ClFN4O3S/c1-24(2)20(27-12-34-24)23(33)29-7-8-30-19(11-29)21(31)28-18-6-3-13(9-16(18)22(30)32)15-5-4-14(25)10-17(15)26/h3-6,9-10,19-20,27H,7-8,11-12H2,1-2H3,(H,28,31). The van der Waals surface area contributed by atoms with Crippen molar-refractivity contribution in [1.29, 1.82) is 0 Å². The van der Waals surface area contributed by atoms with E-state index in [0.29, 0.717) is 29.2 Å². The molecule has 2 unspecified atom stereocenters. The van der Waals surface area contributed by atoms with Gasteiger partial charge in [-0.1, -0.05) is 17.7 Å². The summed E-state index contributed by atoms with van der Waals surface area (Å²) in [6, 6.07) is 8.07. The number of hydrogen-bond donors (Lipinski definition) is 2. The fourth-order valence-electron chi connectivity index (χ4n) is 4.75. The Hall–Kier alpha value is -2.62. The molecule has 5 rings (SSSR count). The first-order valence-electron chi connectivity index (χ1n) is 11.0. The number of carbonyl (C=O) groups excluding carboxylic acids is 3. The van der Waals surface area contributed by atoms with Crippen molar-refractivity contribution in [2.45, 2.75) is 30.7 Å². The monoisotopic (exact) mass is 502 g/mol. The van der Waals surface area contributed by atoms with Crippen LogP contribution in [0.3, 0.4) is 0 Å². The van der Waals surface area contributed by atoms with E-state index in [4.69, 9.17) is 11.6 Å². The molecule has 3 aliphatic heterocycles. The lowest BCUT2D eigenvalue weighted by molar-refractivity contribution is -0.138. The predicted octanol–water partition coefficient (Wildman–Crippen LogP) is 3.19. The van der Waals surface area contributed by atoms with E-state index in [1.54, 1.807) is 47.0 Å². The maximum Gasteiger partial charge on any atom is 0.256 e. The van der Waals surface area contributed by atoms with Crippen molar-refractivity contribution in [3.8, 4) is 11.1 Å². The Morgan fingerprint density at radius 1 is 1.15 bits per heavy atom. The summed E-state index contributed by atoms with van der Waals surface area (Å²) < 4.78 is 14.2. The largest absolute Gasteiger partial charge is 0.337 e. The zero-order chi connectivity index (χ0) is 24.2. The van der Waals surface area contributed by atoms with Crippen molar-refractivity contribution in [2.75, 3.05) is 30.8 Å². The Kier molecular flexibility index (Phi) is 5.82. The lowest BCUT2D eigenvalue weighted by Gasteiger charge is -2.41. The maximum absolute atomic E-state index is 14.5. The van der Waals surface area contributed by atoms with E-state index in [1.807, 2.05) is 13.8 Å². The van der Waals surface area contributed by atoms with Crippen molar-refractivity contribution in [2.24, 2.45) is 0 Å². The highest BCUT2D eigenvalue weighted by molar-refractivity contribution is 8.00. The van der Waals surface area contributed by atoms with Crippen molar-refractivity contribution in [1.82, 2.24) is 15.1 Å². The van der Waals surface area contributed by atoms with Gasteiger partial charge in [0.2, 0.25) is 11.8 Å². The van der Waals surface area contributed by atoms with E-state index in [9.17, 15) is 18.8 Å². The number of hydrogen-bond acceptors (Lipinski definition) is 5. The first kappa shape index (κ1) is 23.1. The zero-order valence-electron chi connectivity index (χ0n) is 18.7. The number of nitrogens with one attached hydrogen (secondary N) is 2. The topological polar surface area (TPSA) is 81.8 Å². The maximum atomic E-state index is 14.5. The summed E-state index contributed by atoms with van der Waals surface area (Å²) in [4.78, 5) is 42.9. The number of piperazine rings is 1. The fraction of sp³-hybridized carbons (Fsp3) is 0.375. The molecule has 0 aromatic heterocycles. The number of halogens is 2. The van der Waals surface area contributed by atoms with Crippen molar-refractivity contribution in [3.05, 3.63) is 52.8 Å². The Morgan fingerprint density at radius 2 is 1.94 bits per heavy atom. The number of nitrogens with zero attached hydrogens (tertiary/aromatic N) is 2. The van der Waals surface area contributed by atoms with Crippen LogP contribution < -0.4 is 10.6 Å². The second kappa shape index (κ2) is 8.55. The highest BCUT2D eigenvalue weighted by atomic mass is 35.5. The Balaban J connectivity index is 1.42. The number of fused-ring (bicyclic) bond motifs is 2. The third-order valence-corrected chi connectivity index (χ3v) is 8.21. The van der Waals surface area contributed by atoms with Crippen LogP contribution in [0.2, 0.25) is 5.02 Å². The van der Waals surface area contributed by atoms with Gasteiger partial charge >= 0.3 is 0 Å². The molecule has 2 N–H and O–H groups in total. The Bertz CT molecular complexity index is 1210. The molecule has 10 heteroatoms. The Labute approximate surface area is 206 Å². The molecule has 3 aliphatic rings. The third kappa shape index (κ3) is 3.95. The summed E-state index contributed by atoms with van der Waals surface area (Å²) in [5.74, 6) is -0.529. The van der Waals surface area contributed by atoms with Gasteiger partial charge in [0.1, 0.15) is 17.9 Å². The molecule has 2 atom stereocenters. The van der Waals surface area contributed by atoms with Crippen LogP contribution in [0.25, 0.3) is 11.1 Å². The van der Waals surface area contributed by atoms with Crippen LogP contribution in [0.15, 0.2) is 36.4 Å². The van der Waals surface area contributed by atoms with Crippen LogP contribution in [0.1, 0.15) is 24.2 Å². The second-order valence-electron chi connectivity index (χ2n) is 9.20. The van der Waals surface area contributed by atoms with Gasteiger partial charge in [-0.15, -0.1) is 11.8 Å². The quantitative estimate of drug-likeness (QED) is 0.659. The molecular formula is C24H24ClFN4O3S. The molecular weight excluding hydrogens is 479 g/mol. The number of amides is 3. The van der Waals surface area contributed by atoms with E-state index in [-0.39, 0.29) is 52.2 Å². The first-order valence-corrected chi connectivity index (χ1v) is 12.4. The molecule has 7 nitrogen and oxygen atoms in total. The molecule has 2 fully saturated rings. The normalized spacial score (nSPS) is 23.8. The molecule has 34 heavy (non-hydrogen) atoms. The smallest absolute Gasteiger partial charge is 0.256 e. The van der Waals surface area contributed by atoms with E-state index >= 15 is 0 Å². The highest BCUT2D eigenvalue weighted by Crippen LogP contribution is 2.35. The van der Waals surface area contributed by atoms with E-state index in [0.717, 1.165) is 0 Å². The number of anilines is 1. The minimum atomic E-state index is -0.800. The van der Waals surface area contributed by atoms with Gasteiger partial charge < -0.3 is 15.1 Å². The van der Waals surface area contributed by atoms with Gasteiger partial charge in [0.25, 0.3) is 5.91 Å². The predicted molar refractivity (Wildman–Crippen MR) is 130 cm³/mol. The molecule has 0 aliphatic carbocycles. The highest BCUT2D eigenvalue weighted by Gasteiger charge is 2.46. The van der Waals surface area contributed by atoms with Gasteiger partial charge in [-0.25, -0.2) is 4.39 Å². The SMILES string of the molecule is CC1(C)SCNC1C(=O)N1CCN2C(=O)c3cc(-c4ccc(Cl)cc4F)ccc3NC(=O)C2C1. The molecule has 2 aromatic rings. The average Bonchev–Trinajstić information content (AvgIpc) is 3.12. The first-order chi connectivity index (χ1) is 16.2. The second-order valence-corrected chi connectivity index (χ2v) is 11.3. The van der Waals surface area contributed by atoms with Crippen molar-refractivity contribution < 1.29 is 18.8 Å². The van der Waals surface area contributed by atoms with Gasteiger partial charge in [-0.05, 0) is 49.7 Å². The molecule has 0 bridgehead atoms. The number of carbonyl (C=O) groups is 3.